The summed E-state index contributed by atoms with van der Waals surface area (Å²) in [6, 6.07) is 3.36. The van der Waals surface area contributed by atoms with E-state index in [1.807, 2.05) is 0 Å². The summed E-state index contributed by atoms with van der Waals surface area (Å²) in [7, 11) is 2.98. The first kappa shape index (κ1) is 11.4. The summed E-state index contributed by atoms with van der Waals surface area (Å²) in [5.74, 6) is 0.369. The second kappa shape index (κ2) is 5.90. The molecule has 0 saturated heterocycles. The molecule has 6 heteroatoms. The van der Waals surface area contributed by atoms with Crippen LogP contribution in [0, 0.1) is 0 Å². The first-order valence-corrected chi connectivity index (χ1v) is 6.32. The smallest absolute Gasteiger partial charge is 0.251 e. The summed E-state index contributed by atoms with van der Waals surface area (Å²) in [5.41, 5.74) is 11.0. The Kier molecular flexibility index (Phi) is 4.78. The Labute approximate surface area is 90.2 Å². The molecule has 0 spiro atoms. The van der Waals surface area contributed by atoms with Crippen LogP contribution in [0.2, 0.25) is 0 Å². The van der Waals surface area contributed by atoms with Crippen LogP contribution in [-0.2, 0) is 0 Å². The average Bonchev–Trinajstić information content (AvgIpc) is 2.19. The number of hydrogen-bond acceptors (Lipinski definition) is 5. The monoisotopic (exact) mass is 229 g/mol. The lowest BCUT2D eigenvalue weighted by molar-refractivity contribution is 0.0997. The molecule has 0 fully saturated rings. The van der Waals surface area contributed by atoms with Gasteiger partial charge in [0.15, 0.2) is 0 Å². The van der Waals surface area contributed by atoms with Crippen molar-refractivity contribution in [2.75, 3.05) is 12.3 Å². The molecule has 1 rings (SSSR count). The molecule has 0 aromatic carbocycles. The van der Waals surface area contributed by atoms with Crippen LogP contribution in [-0.4, -0.2) is 23.2 Å². The summed E-state index contributed by atoms with van der Waals surface area (Å²) in [6.07, 6.45) is 1.64. The van der Waals surface area contributed by atoms with Crippen LogP contribution >= 0.6 is 21.6 Å². The lowest BCUT2D eigenvalue weighted by Crippen LogP contribution is -2.12. The van der Waals surface area contributed by atoms with Crippen molar-refractivity contribution in [1.82, 2.24) is 4.98 Å². The summed E-state index contributed by atoms with van der Waals surface area (Å²) in [4.78, 5) is 15.1. The van der Waals surface area contributed by atoms with Gasteiger partial charge in [-0.25, -0.2) is 4.98 Å². The Morgan fingerprint density at radius 3 is 3.00 bits per heavy atom. The topological polar surface area (TPSA) is 82.0 Å². The molecule has 76 valence electrons. The molecule has 0 saturated carbocycles. The average molecular weight is 229 g/mol. The lowest BCUT2D eigenvalue weighted by atomic mass is 10.3. The van der Waals surface area contributed by atoms with Gasteiger partial charge < -0.3 is 11.5 Å². The molecule has 4 N–H and O–H groups in total. The largest absolute Gasteiger partial charge is 0.366 e. The van der Waals surface area contributed by atoms with E-state index >= 15 is 0 Å². The summed E-state index contributed by atoms with van der Waals surface area (Å²) in [6.45, 7) is 0.608. The summed E-state index contributed by atoms with van der Waals surface area (Å²) >= 11 is 0. The van der Waals surface area contributed by atoms with E-state index in [0.717, 1.165) is 5.75 Å². The second-order valence-electron chi connectivity index (χ2n) is 2.41. The number of pyridine rings is 1. The zero-order valence-electron chi connectivity index (χ0n) is 7.47. The number of amides is 1. The van der Waals surface area contributed by atoms with Crippen LogP contribution in [0.15, 0.2) is 23.4 Å². The SMILES string of the molecule is NCCSSc1ncccc1C(N)=O. The van der Waals surface area contributed by atoms with Crippen LogP contribution in [0.3, 0.4) is 0 Å². The van der Waals surface area contributed by atoms with Crippen molar-refractivity contribution in [3.05, 3.63) is 23.9 Å². The van der Waals surface area contributed by atoms with E-state index in [-0.39, 0.29) is 0 Å². The molecule has 0 radical (unpaired) electrons. The van der Waals surface area contributed by atoms with E-state index in [1.54, 1.807) is 29.1 Å². The number of nitrogens with two attached hydrogens (primary N) is 2. The van der Waals surface area contributed by atoms with Gasteiger partial charge in [0.1, 0.15) is 5.03 Å². The fourth-order valence-corrected chi connectivity index (χ4v) is 2.72. The van der Waals surface area contributed by atoms with Crippen molar-refractivity contribution in [1.29, 1.82) is 0 Å². The molecule has 0 bridgehead atoms. The maximum Gasteiger partial charge on any atom is 0.251 e. The Bertz CT molecular complexity index is 319. The van der Waals surface area contributed by atoms with Crippen LogP contribution in [0.1, 0.15) is 10.4 Å². The highest BCUT2D eigenvalue weighted by Gasteiger charge is 2.08. The zero-order valence-corrected chi connectivity index (χ0v) is 9.11. The summed E-state index contributed by atoms with van der Waals surface area (Å²) in [5, 5.41) is 0.651. The molecule has 0 aliphatic heterocycles. The molecule has 0 unspecified atom stereocenters. The molecule has 1 heterocycles. The fraction of sp³-hybridized carbons (Fsp3) is 0.250. The van der Waals surface area contributed by atoms with Crippen LogP contribution in [0.4, 0.5) is 0 Å². The van der Waals surface area contributed by atoms with E-state index in [9.17, 15) is 4.79 Å². The van der Waals surface area contributed by atoms with Crippen molar-refractivity contribution in [3.63, 3.8) is 0 Å². The van der Waals surface area contributed by atoms with Crippen LogP contribution in [0.25, 0.3) is 0 Å². The molecule has 1 aromatic heterocycles. The van der Waals surface area contributed by atoms with Crippen molar-refractivity contribution in [2.45, 2.75) is 5.03 Å². The highest BCUT2D eigenvalue weighted by Crippen LogP contribution is 2.30. The lowest BCUT2D eigenvalue weighted by Gasteiger charge is -2.02. The Morgan fingerprint density at radius 2 is 2.36 bits per heavy atom. The van der Waals surface area contributed by atoms with E-state index in [2.05, 4.69) is 4.98 Å². The van der Waals surface area contributed by atoms with Crippen molar-refractivity contribution in [2.24, 2.45) is 11.5 Å². The van der Waals surface area contributed by atoms with Gasteiger partial charge in [-0.1, -0.05) is 10.8 Å². The van der Waals surface area contributed by atoms with Gasteiger partial charge in [-0.05, 0) is 22.9 Å². The number of nitrogens with zero attached hydrogens (tertiary/aromatic N) is 1. The normalized spacial score (nSPS) is 10.1. The molecular weight excluding hydrogens is 218 g/mol. The first-order chi connectivity index (χ1) is 6.75. The van der Waals surface area contributed by atoms with E-state index in [0.29, 0.717) is 17.1 Å². The number of hydrogen-bond donors (Lipinski definition) is 2. The van der Waals surface area contributed by atoms with Crippen molar-refractivity contribution < 1.29 is 4.79 Å². The molecule has 14 heavy (non-hydrogen) atoms. The maximum absolute atomic E-state index is 11.0. The second-order valence-corrected chi connectivity index (χ2v) is 4.82. The Hall–Kier alpha value is -0.720. The van der Waals surface area contributed by atoms with Gasteiger partial charge in [0.25, 0.3) is 5.91 Å². The van der Waals surface area contributed by atoms with E-state index < -0.39 is 5.91 Å². The van der Waals surface area contributed by atoms with Gasteiger partial charge in [0.2, 0.25) is 0 Å². The molecule has 4 nitrogen and oxygen atoms in total. The van der Waals surface area contributed by atoms with Gasteiger partial charge >= 0.3 is 0 Å². The fourth-order valence-electron chi connectivity index (χ4n) is 0.790. The minimum absolute atomic E-state index is 0.450. The number of aromatic nitrogens is 1. The number of primary amides is 1. The first-order valence-electron chi connectivity index (χ1n) is 4.00. The predicted molar refractivity (Wildman–Crippen MR) is 60.1 cm³/mol. The third-order valence-corrected chi connectivity index (χ3v) is 3.71. The Morgan fingerprint density at radius 1 is 1.57 bits per heavy atom. The number of carbonyl (C=O) groups excluding carboxylic acids is 1. The highest BCUT2D eigenvalue weighted by molar-refractivity contribution is 8.76. The van der Waals surface area contributed by atoms with E-state index in [4.69, 9.17) is 11.5 Å². The molecule has 1 amide bonds. The minimum Gasteiger partial charge on any atom is -0.366 e. The zero-order chi connectivity index (χ0) is 10.4. The predicted octanol–water partition coefficient (Wildman–Crippen LogP) is 0.880. The molecule has 0 aliphatic carbocycles. The van der Waals surface area contributed by atoms with Crippen LogP contribution < -0.4 is 11.5 Å². The quantitative estimate of drug-likeness (QED) is 0.578. The molecule has 0 aliphatic rings. The highest BCUT2D eigenvalue weighted by atomic mass is 33.1. The molecular formula is C8H11N3OS2. The third-order valence-electron chi connectivity index (χ3n) is 1.38. The number of carbonyl (C=O) groups is 1. The van der Waals surface area contributed by atoms with Gasteiger partial charge in [-0.2, -0.15) is 0 Å². The van der Waals surface area contributed by atoms with Gasteiger partial charge in [-0.15, -0.1) is 0 Å². The summed E-state index contributed by atoms with van der Waals surface area (Å²) < 4.78 is 0. The maximum atomic E-state index is 11.0. The van der Waals surface area contributed by atoms with E-state index in [1.165, 1.54) is 10.8 Å². The molecule has 0 atom stereocenters. The van der Waals surface area contributed by atoms with Crippen molar-refractivity contribution >= 4 is 27.5 Å². The standard InChI is InChI=1S/C8H11N3OS2/c9-3-5-13-14-8-6(7(10)12)2-1-4-11-8/h1-2,4H,3,5,9H2,(H2,10,12). The Balaban J connectivity index is 2.69. The number of rotatable bonds is 5. The molecule has 1 aromatic rings. The third kappa shape index (κ3) is 3.21. The van der Waals surface area contributed by atoms with Gasteiger partial charge in [-0.3, -0.25) is 4.79 Å². The minimum atomic E-state index is -0.450. The van der Waals surface area contributed by atoms with Gasteiger partial charge in [0.05, 0.1) is 5.56 Å². The van der Waals surface area contributed by atoms with Gasteiger partial charge in [0, 0.05) is 18.5 Å². The van der Waals surface area contributed by atoms with Crippen LogP contribution in [0.5, 0.6) is 0 Å². The van der Waals surface area contributed by atoms with Crippen molar-refractivity contribution in [3.8, 4) is 0 Å².